The van der Waals surface area contributed by atoms with Gasteiger partial charge < -0.3 is 19.5 Å². The SMILES string of the molecule is COc1ccc(-n2c(C)cc(/C=C(\C#N)C(=O)NCC(=O)N3CCCC3)c2C)cc1. The fraction of sp³-hybridized carbons (Fsp3) is 0.348. The van der Waals surface area contributed by atoms with E-state index < -0.39 is 5.91 Å². The number of benzene rings is 1. The first-order chi connectivity index (χ1) is 14.4. The topological polar surface area (TPSA) is 87.4 Å². The number of nitriles is 1. The van der Waals surface area contributed by atoms with Gasteiger partial charge in [-0.05, 0) is 68.7 Å². The number of aromatic nitrogens is 1. The highest BCUT2D eigenvalue weighted by molar-refractivity contribution is 6.03. The fourth-order valence-corrected chi connectivity index (χ4v) is 3.70. The number of carbonyl (C=O) groups is 2. The van der Waals surface area contributed by atoms with Crippen molar-refractivity contribution in [2.45, 2.75) is 26.7 Å². The van der Waals surface area contributed by atoms with Gasteiger partial charge in [-0.1, -0.05) is 0 Å². The number of rotatable bonds is 6. The summed E-state index contributed by atoms with van der Waals surface area (Å²) in [5, 5.41) is 12.1. The number of carbonyl (C=O) groups excluding carboxylic acids is 2. The molecule has 1 aromatic carbocycles. The molecule has 3 rings (SSSR count). The van der Waals surface area contributed by atoms with E-state index in [2.05, 4.69) is 9.88 Å². The van der Waals surface area contributed by atoms with Crippen molar-refractivity contribution in [1.82, 2.24) is 14.8 Å². The number of likely N-dealkylation sites (tertiary alicyclic amines) is 1. The van der Waals surface area contributed by atoms with Gasteiger partial charge in [-0.3, -0.25) is 9.59 Å². The van der Waals surface area contributed by atoms with Gasteiger partial charge in [0.05, 0.1) is 13.7 Å². The van der Waals surface area contributed by atoms with Crippen LogP contribution in [0.1, 0.15) is 29.8 Å². The van der Waals surface area contributed by atoms with Crippen LogP contribution in [0.3, 0.4) is 0 Å². The molecule has 0 bridgehead atoms. The van der Waals surface area contributed by atoms with Crippen molar-refractivity contribution >= 4 is 17.9 Å². The average Bonchev–Trinajstić information content (AvgIpc) is 3.38. The molecule has 7 nitrogen and oxygen atoms in total. The summed E-state index contributed by atoms with van der Waals surface area (Å²) in [5.41, 5.74) is 3.60. The van der Waals surface area contributed by atoms with Gasteiger partial charge in [0.1, 0.15) is 17.4 Å². The lowest BCUT2D eigenvalue weighted by Crippen LogP contribution is -2.39. The predicted molar refractivity (Wildman–Crippen MR) is 114 cm³/mol. The van der Waals surface area contributed by atoms with Crippen molar-refractivity contribution in [2.75, 3.05) is 26.7 Å². The van der Waals surface area contributed by atoms with Gasteiger partial charge in [0.15, 0.2) is 0 Å². The maximum absolute atomic E-state index is 12.4. The molecule has 7 heteroatoms. The number of methoxy groups -OCH3 is 1. The first-order valence-corrected chi connectivity index (χ1v) is 9.95. The summed E-state index contributed by atoms with van der Waals surface area (Å²) in [6, 6.07) is 11.6. The molecule has 1 aliphatic heterocycles. The Morgan fingerprint density at radius 3 is 2.47 bits per heavy atom. The van der Waals surface area contributed by atoms with Crippen LogP contribution in [-0.2, 0) is 9.59 Å². The minimum Gasteiger partial charge on any atom is -0.497 e. The Morgan fingerprint density at radius 2 is 1.87 bits per heavy atom. The molecule has 0 saturated carbocycles. The molecule has 0 aliphatic carbocycles. The average molecular weight is 406 g/mol. The second-order valence-corrected chi connectivity index (χ2v) is 7.30. The Morgan fingerprint density at radius 1 is 1.20 bits per heavy atom. The largest absolute Gasteiger partial charge is 0.497 e. The van der Waals surface area contributed by atoms with E-state index in [-0.39, 0.29) is 18.0 Å². The first kappa shape index (κ1) is 21.2. The van der Waals surface area contributed by atoms with E-state index in [0.717, 1.165) is 54.3 Å². The van der Waals surface area contributed by atoms with Gasteiger partial charge in [-0.25, -0.2) is 0 Å². The van der Waals surface area contributed by atoms with Crippen LogP contribution in [0.15, 0.2) is 35.9 Å². The number of nitrogens with zero attached hydrogens (tertiary/aromatic N) is 3. The van der Waals surface area contributed by atoms with Crippen LogP contribution < -0.4 is 10.1 Å². The molecular formula is C23H26N4O3. The third kappa shape index (κ3) is 4.54. The van der Waals surface area contributed by atoms with Crippen LogP contribution in [0.2, 0.25) is 0 Å². The lowest BCUT2D eigenvalue weighted by Gasteiger charge is -2.15. The van der Waals surface area contributed by atoms with Gasteiger partial charge in [0.2, 0.25) is 5.91 Å². The van der Waals surface area contributed by atoms with E-state index in [1.807, 2.05) is 50.2 Å². The molecule has 0 radical (unpaired) electrons. The highest BCUT2D eigenvalue weighted by Gasteiger charge is 2.19. The number of hydrogen-bond acceptors (Lipinski definition) is 4. The maximum atomic E-state index is 12.4. The molecule has 0 unspecified atom stereocenters. The second kappa shape index (κ2) is 9.31. The highest BCUT2D eigenvalue weighted by Crippen LogP contribution is 2.24. The van der Waals surface area contributed by atoms with Crippen LogP contribution in [0.25, 0.3) is 11.8 Å². The van der Waals surface area contributed by atoms with E-state index in [4.69, 9.17) is 4.74 Å². The molecule has 2 heterocycles. The second-order valence-electron chi connectivity index (χ2n) is 7.30. The minimum absolute atomic E-state index is 0.0285. The molecule has 0 spiro atoms. The van der Waals surface area contributed by atoms with Crippen molar-refractivity contribution in [2.24, 2.45) is 0 Å². The summed E-state index contributed by atoms with van der Waals surface area (Å²) >= 11 is 0. The zero-order valence-electron chi connectivity index (χ0n) is 17.6. The predicted octanol–water partition coefficient (Wildman–Crippen LogP) is 2.75. The van der Waals surface area contributed by atoms with Crippen LogP contribution in [0.5, 0.6) is 5.75 Å². The van der Waals surface area contributed by atoms with Crippen LogP contribution in [-0.4, -0.2) is 48.0 Å². The molecule has 1 aromatic heterocycles. The fourth-order valence-electron chi connectivity index (χ4n) is 3.70. The molecule has 1 aliphatic rings. The van der Waals surface area contributed by atoms with E-state index in [9.17, 15) is 14.9 Å². The number of ether oxygens (including phenoxy) is 1. The molecule has 2 amide bonds. The molecule has 1 fully saturated rings. The van der Waals surface area contributed by atoms with Crippen LogP contribution in [0.4, 0.5) is 0 Å². The Bertz CT molecular complexity index is 1010. The maximum Gasteiger partial charge on any atom is 0.262 e. The van der Waals surface area contributed by atoms with E-state index in [1.54, 1.807) is 18.1 Å². The Balaban J connectivity index is 1.77. The van der Waals surface area contributed by atoms with Crippen molar-refractivity contribution in [3.8, 4) is 17.5 Å². The molecule has 156 valence electrons. The smallest absolute Gasteiger partial charge is 0.262 e. The van der Waals surface area contributed by atoms with Gasteiger partial charge in [-0.2, -0.15) is 5.26 Å². The molecule has 30 heavy (non-hydrogen) atoms. The van der Waals surface area contributed by atoms with Gasteiger partial charge in [-0.15, -0.1) is 0 Å². The zero-order chi connectivity index (χ0) is 21.7. The number of aryl methyl sites for hydroxylation is 1. The molecular weight excluding hydrogens is 380 g/mol. The Labute approximate surface area is 176 Å². The van der Waals surface area contributed by atoms with Crippen molar-refractivity contribution in [3.05, 3.63) is 52.9 Å². The van der Waals surface area contributed by atoms with Crippen molar-refractivity contribution < 1.29 is 14.3 Å². The minimum atomic E-state index is -0.542. The van der Waals surface area contributed by atoms with Gasteiger partial charge >= 0.3 is 0 Å². The summed E-state index contributed by atoms with van der Waals surface area (Å²) in [7, 11) is 1.62. The van der Waals surface area contributed by atoms with Gasteiger partial charge in [0.25, 0.3) is 5.91 Å². The highest BCUT2D eigenvalue weighted by atomic mass is 16.5. The number of hydrogen-bond donors (Lipinski definition) is 1. The van der Waals surface area contributed by atoms with Gasteiger partial charge in [0, 0.05) is 30.2 Å². The standard InChI is InChI=1S/C23H26N4O3/c1-16-12-18(17(2)27(16)20-6-8-21(30-3)9-7-20)13-19(14-24)23(29)25-15-22(28)26-10-4-5-11-26/h6-9,12-13H,4-5,10-11,15H2,1-3H3,(H,25,29)/b19-13+. The lowest BCUT2D eigenvalue weighted by atomic mass is 10.1. The number of amides is 2. The zero-order valence-corrected chi connectivity index (χ0v) is 17.6. The Kier molecular flexibility index (Phi) is 6.58. The summed E-state index contributed by atoms with van der Waals surface area (Å²) in [6.45, 7) is 5.27. The molecule has 0 atom stereocenters. The van der Waals surface area contributed by atoms with E-state index in [0.29, 0.717) is 0 Å². The normalized spacial score (nSPS) is 13.8. The summed E-state index contributed by atoms with van der Waals surface area (Å²) in [5.74, 6) is 0.114. The third-order valence-electron chi connectivity index (χ3n) is 5.32. The van der Waals surface area contributed by atoms with Crippen molar-refractivity contribution in [1.29, 1.82) is 5.26 Å². The van der Waals surface area contributed by atoms with Crippen LogP contribution >= 0.6 is 0 Å². The third-order valence-corrected chi connectivity index (χ3v) is 5.32. The molecule has 1 saturated heterocycles. The lowest BCUT2D eigenvalue weighted by molar-refractivity contribution is -0.131. The van der Waals surface area contributed by atoms with E-state index >= 15 is 0 Å². The quantitative estimate of drug-likeness (QED) is 0.590. The number of nitrogens with one attached hydrogen (secondary N) is 1. The summed E-state index contributed by atoms with van der Waals surface area (Å²) in [4.78, 5) is 26.3. The molecule has 1 N–H and O–H groups in total. The molecule has 2 aromatic rings. The first-order valence-electron chi connectivity index (χ1n) is 9.95. The Hall–Kier alpha value is -3.53. The summed E-state index contributed by atoms with van der Waals surface area (Å²) in [6.07, 6.45) is 3.55. The summed E-state index contributed by atoms with van der Waals surface area (Å²) < 4.78 is 7.26. The monoisotopic (exact) mass is 406 g/mol. The van der Waals surface area contributed by atoms with Crippen molar-refractivity contribution in [3.63, 3.8) is 0 Å². The van der Waals surface area contributed by atoms with Crippen LogP contribution in [0, 0.1) is 25.2 Å². The van der Waals surface area contributed by atoms with E-state index in [1.165, 1.54) is 0 Å².